The number of fused-ring (bicyclic) bond motifs is 5. The Hall–Kier alpha value is -3.93. The third-order valence-electron chi connectivity index (χ3n) is 7.31. The van der Waals surface area contributed by atoms with Gasteiger partial charge in [-0.15, -0.1) is 0 Å². The van der Waals surface area contributed by atoms with E-state index < -0.39 is 9.84 Å². The highest BCUT2D eigenvalue weighted by molar-refractivity contribution is 8.00. The average Bonchev–Trinajstić information content (AvgIpc) is 3.30. The first kappa shape index (κ1) is 26.7. The summed E-state index contributed by atoms with van der Waals surface area (Å²) in [5.74, 6) is -0.0168. The topological polar surface area (TPSA) is 72.2 Å². The highest BCUT2D eigenvalue weighted by Gasteiger charge is 2.28. The van der Waals surface area contributed by atoms with E-state index in [2.05, 4.69) is 35.6 Å². The van der Waals surface area contributed by atoms with Crippen molar-refractivity contribution in [2.75, 3.05) is 5.75 Å². The molecule has 0 saturated carbocycles. The number of benzene rings is 3. The fourth-order valence-electron chi connectivity index (χ4n) is 5.44. The molecule has 5 heteroatoms. The Balaban J connectivity index is 0.000000384. The van der Waals surface area contributed by atoms with Gasteiger partial charge in [-0.2, -0.15) is 0 Å². The monoisotopic (exact) mass is 534 g/mol. The molecule has 3 aromatic carbocycles. The summed E-state index contributed by atoms with van der Waals surface area (Å²) in [5, 5.41) is 2.92. The van der Waals surface area contributed by atoms with E-state index in [-0.39, 0.29) is 5.75 Å². The summed E-state index contributed by atoms with van der Waals surface area (Å²) >= 11 is 0. The summed E-state index contributed by atoms with van der Waals surface area (Å²) in [6.07, 6.45) is 20.7. The van der Waals surface area contributed by atoms with Crippen LogP contribution in [0.25, 0.3) is 22.1 Å². The zero-order valence-electron chi connectivity index (χ0n) is 22.0. The molecule has 1 heterocycles. The summed E-state index contributed by atoms with van der Waals surface area (Å²) in [4.78, 5) is 0.483. The van der Waals surface area contributed by atoms with Gasteiger partial charge in [-0.3, -0.25) is 0 Å². The number of hydrogen-bond donors (Lipinski definition) is 2. The van der Waals surface area contributed by atoms with Crippen molar-refractivity contribution in [3.05, 3.63) is 143 Å². The minimum absolute atomic E-state index is 0.0168. The van der Waals surface area contributed by atoms with Crippen LogP contribution in [0, 0.1) is 0 Å². The van der Waals surface area contributed by atoms with Crippen molar-refractivity contribution in [3.63, 3.8) is 0 Å². The van der Waals surface area contributed by atoms with E-state index in [9.17, 15) is 8.42 Å². The third kappa shape index (κ3) is 6.06. The lowest BCUT2D eigenvalue weighted by Crippen LogP contribution is -2.15. The zero-order chi connectivity index (χ0) is 27.1. The lowest BCUT2D eigenvalue weighted by Gasteiger charge is -2.27. The van der Waals surface area contributed by atoms with Crippen molar-refractivity contribution in [1.82, 2.24) is 5.32 Å². The Morgan fingerprint density at radius 2 is 1.49 bits per heavy atom. The highest BCUT2D eigenvalue weighted by Crippen LogP contribution is 2.41. The number of nitrogens with one attached hydrogen (secondary N) is 1. The van der Waals surface area contributed by atoms with Gasteiger partial charge in [0.05, 0.1) is 10.7 Å². The van der Waals surface area contributed by atoms with Gasteiger partial charge in [0.1, 0.15) is 0 Å². The molecule has 0 spiro atoms. The van der Waals surface area contributed by atoms with E-state index >= 15 is 0 Å². The molecule has 39 heavy (non-hydrogen) atoms. The van der Waals surface area contributed by atoms with Gasteiger partial charge in [0.15, 0.2) is 9.84 Å². The second-order valence-electron chi connectivity index (χ2n) is 9.74. The molecule has 6 rings (SSSR count). The number of hydrogen-bond acceptors (Lipinski definition) is 4. The number of rotatable bonds is 5. The van der Waals surface area contributed by atoms with Crippen LogP contribution in [0.4, 0.5) is 0 Å². The Bertz CT molecular complexity index is 1590. The molecule has 0 bridgehead atoms. The molecular formula is C34H34N2O2S. The molecule has 2 aliphatic carbocycles. The summed E-state index contributed by atoms with van der Waals surface area (Å²) in [6, 6.07) is 20.5. The minimum Gasteiger partial charge on any atom is -0.368 e. The average molecular weight is 535 g/mol. The third-order valence-corrected chi connectivity index (χ3v) is 9.00. The van der Waals surface area contributed by atoms with E-state index in [0.717, 1.165) is 42.4 Å². The lowest BCUT2D eigenvalue weighted by atomic mass is 9.79. The van der Waals surface area contributed by atoms with Crippen molar-refractivity contribution in [2.45, 2.75) is 32.2 Å². The Kier molecular flexibility index (Phi) is 8.40. The molecule has 3 aliphatic rings. The first-order valence-electron chi connectivity index (χ1n) is 13.4. The Morgan fingerprint density at radius 3 is 2.31 bits per heavy atom. The van der Waals surface area contributed by atoms with Crippen molar-refractivity contribution in [3.8, 4) is 11.1 Å². The molecule has 0 aromatic heterocycles. The van der Waals surface area contributed by atoms with Crippen LogP contribution in [0.1, 0.15) is 39.8 Å². The quantitative estimate of drug-likeness (QED) is 0.392. The van der Waals surface area contributed by atoms with Gasteiger partial charge in [-0.05, 0) is 82.3 Å². The molecule has 0 radical (unpaired) electrons. The van der Waals surface area contributed by atoms with Gasteiger partial charge in [0, 0.05) is 18.9 Å². The van der Waals surface area contributed by atoms with E-state index in [1.54, 1.807) is 6.08 Å². The summed E-state index contributed by atoms with van der Waals surface area (Å²) in [5.41, 5.74) is 15.2. The standard InChI is InChI=1S/C28H27NO2S.C6H7N/c29-19-22-9-2-1-7-20(22)10-6-18-32(30,31)28-13-5-12-24-26-15-14-21-8-3-4-11-23(21)25(26)16-17-27(24)28;1-2-4-6-7-5-3-1/h1-4,6-11,13,16-17H,5,12,14-15,18-19,29H2;1-7H. The van der Waals surface area contributed by atoms with Gasteiger partial charge in [-0.25, -0.2) is 8.42 Å². The normalized spacial score (nSPS) is 15.3. The zero-order valence-corrected chi connectivity index (χ0v) is 22.8. The second kappa shape index (κ2) is 12.3. The van der Waals surface area contributed by atoms with Crippen LogP contribution in [0.2, 0.25) is 0 Å². The largest absolute Gasteiger partial charge is 0.368 e. The molecule has 0 unspecified atom stereocenters. The van der Waals surface area contributed by atoms with Crippen molar-refractivity contribution in [2.24, 2.45) is 5.73 Å². The number of sulfone groups is 1. The first-order valence-corrected chi connectivity index (χ1v) is 15.1. The molecule has 3 aromatic rings. The number of aryl methyl sites for hydroxylation is 1. The summed E-state index contributed by atoms with van der Waals surface area (Å²) in [6.45, 7) is 0.431. The number of nitrogens with two attached hydrogens (primary N) is 1. The Labute approximate surface area is 231 Å². The van der Waals surface area contributed by atoms with Crippen molar-refractivity contribution in [1.29, 1.82) is 0 Å². The van der Waals surface area contributed by atoms with Crippen molar-refractivity contribution < 1.29 is 8.42 Å². The van der Waals surface area contributed by atoms with Gasteiger partial charge < -0.3 is 11.1 Å². The molecule has 0 fully saturated rings. The maximum atomic E-state index is 13.3. The van der Waals surface area contributed by atoms with Gasteiger partial charge >= 0.3 is 0 Å². The van der Waals surface area contributed by atoms with Crippen LogP contribution in [0.5, 0.6) is 0 Å². The van der Waals surface area contributed by atoms with E-state index in [1.165, 1.54) is 27.8 Å². The summed E-state index contributed by atoms with van der Waals surface area (Å²) < 4.78 is 26.6. The van der Waals surface area contributed by atoms with Crippen LogP contribution >= 0.6 is 0 Å². The van der Waals surface area contributed by atoms with Crippen LogP contribution in [-0.2, 0) is 35.6 Å². The van der Waals surface area contributed by atoms with Crippen molar-refractivity contribution >= 4 is 20.8 Å². The maximum Gasteiger partial charge on any atom is 0.182 e. The molecule has 0 saturated heterocycles. The molecule has 198 valence electrons. The molecular weight excluding hydrogens is 500 g/mol. The van der Waals surface area contributed by atoms with Crippen LogP contribution in [-0.4, -0.2) is 14.2 Å². The van der Waals surface area contributed by atoms with Crippen LogP contribution in [0.3, 0.4) is 0 Å². The number of allylic oxidation sites excluding steroid dienone is 5. The first-order chi connectivity index (χ1) is 19.1. The van der Waals surface area contributed by atoms with E-state index in [4.69, 9.17) is 5.73 Å². The molecule has 0 atom stereocenters. The van der Waals surface area contributed by atoms with E-state index in [0.29, 0.717) is 11.4 Å². The van der Waals surface area contributed by atoms with Gasteiger partial charge in [0.2, 0.25) is 0 Å². The highest BCUT2D eigenvalue weighted by atomic mass is 32.2. The molecule has 1 aliphatic heterocycles. The van der Waals surface area contributed by atoms with Gasteiger partial charge in [0.25, 0.3) is 0 Å². The second-order valence-corrected chi connectivity index (χ2v) is 11.7. The van der Waals surface area contributed by atoms with Gasteiger partial charge in [-0.1, -0.05) is 91.0 Å². The predicted molar refractivity (Wildman–Crippen MR) is 163 cm³/mol. The predicted octanol–water partition coefficient (Wildman–Crippen LogP) is 6.50. The SMILES string of the molecule is C1=CC=CNC=C1.NCc1ccccc1C=CCS(=O)(=O)C1=CCCc2c1ccc1c2CCc2ccccc2-1. The molecule has 4 nitrogen and oxygen atoms in total. The van der Waals surface area contributed by atoms with Crippen LogP contribution < -0.4 is 11.1 Å². The molecule has 3 N–H and O–H groups in total. The van der Waals surface area contributed by atoms with E-state index in [1.807, 2.05) is 79.2 Å². The minimum atomic E-state index is -3.43. The fourth-order valence-corrected chi connectivity index (χ4v) is 6.87. The smallest absolute Gasteiger partial charge is 0.182 e. The molecule has 0 amide bonds. The Morgan fingerprint density at radius 1 is 0.769 bits per heavy atom. The lowest BCUT2D eigenvalue weighted by molar-refractivity contribution is 0.608. The summed E-state index contributed by atoms with van der Waals surface area (Å²) in [7, 11) is -3.43. The fraction of sp³-hybridized carbons (Fsp3) is 0.176. The maximum absolute atomic E-state index is 13.3. The van der Waals surface area contributed by atoms with Crippen LogP contribution in [0.15, 0.2) is 110 Å².